The van der Waals surface area contributed by atoms with E-state index in [-0.39, 0.29) is 5.91 Å². The third-order valence-corrected chi connectivity index (χ3v) is 4.46. The van der Waals surface area contributed by atoms with Crippen LogP contribution in [0.1, 0.15) is 24.0 Å². The fourth-order valence-electron chi connectivity index (χ4n) is 2.35. The summed E-state index contributed by atoms with van der Waals surface area (Å²) in [6.07, 6.45) is 1.36. The van der Waals surface area contributed by atoms with Crippen LogP contribution in [0.3, 0.4) is 0 Å². The number of aliphatic carboxylic acids is 1. The molecule has 0 saturated carbocycles. The minimum Gasteiger partial charge on any atom is -0.480 e. The molecule has 5 heteroatoms. The number of benzene rings is 1. The maximum absolute atomic E-state index is 12.0. The monoisotopic (exact) mass is 293 g/mol. The minimum atomic E-state index is -0.889. The summed E-state index contributed by atoms with van der Waals surface area (Å²) in [5.74, 6) is 0.168. The molecule has 2 rings (SSSR count). The Morgan fingerprint density at radius 3 is 2.70 bits per heavy atom. The van der Waals surface area contributed by atoms with Gasteiger partial charge in [-0.05, 0) is 25.3 Å². The maximum Gasteiger partial charge on any atom is 0.326 e. The number of rotatable bonds is 5. The number of thioether (sulfide) groups is 1. The number of amides is 1. The van der Waals surface area contributed by atoms with Crippen molar-refractivity contribution in [1.82, 2.24) is 4.90 Å². The summed E-state index contributed by atoms with van der Waals surface area (Å²) >= 11 is 1.54. The molecule has 0 spiro atoms. The van der Waals surface area contributed by atoms with Crippen LogP contribution in [0.15, 0.2) is 24.3 Å². The van der Waals surface area contributed by atoms with E-state index in [2.05, 4.69) is 24.3 Å². The molecule has 0 aromatic heterocycles. The minimum absolute atomic E-state index is 0.0630. The van der Waals surface area contributed by atoms with Crippen LogP contribution in [-0.4, -0.2) is 40.2 Å². The molecule has 20 heavy (non-hydrogen) atoms. The summed E-state index contributed by atoms with van der Waals surface area (Å²) in [5.41, 5.74) is 2.40. The smallest absolute Gasteiger partial charge is 0.326 e. The van der Waals surface area contributed by atoms with Gasteiger partial charge in [0, 0.05) is 12.3 Å². The zero-order chi connectivity index (χ0) is 14.5. The van der Waals surface area contributed by atoms with Crippen LogP contribution in [-0.2, 0) is 15.3 Å². The highest BCUT2D eigenvalue weighted by molar-refractivity contribution is 7.99. The van der Waals surface area contributed by atoms with Gasteiger partial charge in [0.1, 0.15) is 6.04 Å². The third kappa shape index (κ3) is 3.76. The van der Waals surface area contributed by atoms with E-state index >= 15 is 0 Å². The Labute approximate surface area is 123 Å². The molecule has 1 aliphatic rings. The number of likely N-dealkylation sites (tertiary alicyclic amines) is 1. The molecule has 1 atom stereocenters. The molecule has 1 aromatic carbocycles. The normalized spacial score (nSPS) is 18.2. The Morgan fingerprint density at radius 1 is 1.35 bits per heavy atom. The van der Waals surface area contributed by atoms with E-state index in [9.17, 15) is 9.59 Å². The second-order valence-corrected chi connectivity index (χ2v) is 6.05. The summed E-state index contributed by atoms with van der Waals surface area (Å²) in [5, 5.41) is 9.06. The number of hydrogen-bond donors (Lipinski definition) is 1. The zero-order valence-electron chi connectivity index (χ0n) is 11.5. The van der Waals surface area contributed by atoms with Gasteiger partial charge in [-0.15, -0.1) is 11.8 Å². The van der Waals surface area contributed by atoms with Crippen molar-refractivity contribution in [3.8, 4) is 0 Å². The van der Waals surface area contributed by atoms with Crippen molar-refractivity contribution in [3.63, 3.8) is 0 Å². The molecule has 0 radical (unpaired) electrons. The fraction of sp³-hybridized carbons (Fsp3) is 0.467. The standard InChI is InChI=1S/C15H19NO3S/c1-11-4-6-12(7-5-11)9-20-10-14(17)16-8-2-3-13(16)15(18)19/h4-7,13H,2-3,8-10H2,1H3,(H,18,19)/t13-/m1/s1. The predicted octanol–water partition coefficient (Wildman–Crippen LogP) is 2.30. The van der Waals surface area contributed by atoms with E-state index in [1.807, 2.05) is 6.92 Å². The summed E-state index contributed by atoms with van der Waals surface area (Å²) in [6.45, 7) is 2.61. The number of carboxylic acids is 1. The SMILES string of the molecule is Cc1ccc(CSCC(=O)N2CCC[C@@H]2C(=O)O)cc1. The van der Waals surface area contributed by atoms with Crippen molar-refractivity contribution in [2.75, 3.05) is 12.3 Å². The first-order valence-corrected chi connectivity index (χ1v) is 7.89. The van der Waals surface area contributed by atoms with E-state index in [0.717, 1.165) is 12.2 Å². The van der Waals surface area contributed by atoms with Crippen LogP contribution < -0.4 is 0 Å². The number of carbonyl (C=O) groups is 2. The largest absolute Gasteiger partial charge is 0.480 e. The summed E-state index contributed by atoms with van der Waals surface area (Å²) in [7, 11) is 0. The van der Waals surface area contributed by atoms with Crippen molar-refractivity contribution >= 4 is 23.6 Å². The first-order valence-electron chi connectivity index (χ1n) is 6.73. The Bertz CT molecular complexity index is 486. The fourth-order valence-corrected chi connectivity index (χ4v) is 3.22. The van der Waals surface area contributed by atoms with E-state index in [4.69, 9.17) is 5.11 Å². The van der Waals surface area contributed by atoms with Gasteiger partial charge in [-0.3, -0.25) is 4.79 Å². The van der Waals surface area contributed by atoms with Gasteiger partial charge in [-0.25, -0.2) is 4.79 Å². The van der Waals surface area contributed by atoms with Crippen molar-refractivity contribution in [2.45, 2.75) is 31.6 Å². The van der Waals surface area contributed by atoms with Gasteiger partial charge in [0.25, 0.3) is 0 Å². The third-order valence-electron chi connectivity index (χ3n) is 3.47. The molecule has 1 fully saturated rings. The molecule has 0 aliphatic carbocycles. The van der Waals surface area contributed by atoms with Crippen LogP contribution >= 0.6 is 11.8 Å². The average molecular weight is 293 g/mol. The molecule has 1 saturated heterocycles. The highest BCUT2D eigenvalue weighted by Crippen LogP contribution is 2.20. The van der Waals surface area contributed by atoms with Crippen LogP contribution in [0, 0.1) is 6.92 Å². The van der Waals surface area contributed by atoms with Crippen LogP contribution in [0.5, 0.6) is 0 Å². The lowest BCUT2D eigenvalue weighted by Crippen LogP contribution is -2.41. The number of carbonyl (C=O) groups excluding carboxylic acids is 1. The summed E-state index contributed by atoms with van der Waals surface area (Å²) < 4.78 is 0. The van der Waals surface area contributed by atoms with Crippen molar-refractivity contribution in [1.29, 1.82) is 0 Å². The summed E-state index contributed by atoms with van der Waals surface area (Å²) in [4.78, 5) is 24.6. The molecule has 108 valence electrons. The zero-order valence-corrected chi connectivity index (χ0v) is 12.4. The molecule has 1 amide bonds. The highest BCUT2D eigenvalue weighted by Gasteiger charge is 2.33. The van der Waals surface area contributed by atoms with E-state index < -0.39 is 12.0 Å². The lowest BCUT2D eigenvalue weighted by Gasteiger charge is -2.21. The Morgan fingerprint density at radius 2 is 2.05 bits per heavy atom. The topological polar surface area (TPSA) is 57.6 Å². The first kappa shape index (κ1) is 14.9. The van der Waals surface area contributed by atoms with Gasteiger partial charge in [0.05, 0.1) is 5.75 Å². The first-order chi connectivity index (χ1) is 9.58. The maximum atomic E-state index is 12.0. The van der Waals surface area contributed by atoms with Crippen molar-refractivity contribution in [2.24, 2.45) is 0 Å². The Hall–Kier alpha value is -1.49. The molecular formula is C15H19NO3S. The van der Waals surface area contributed by atoms with Gasteiger partial charge in [-0.1, -0.05) is 29.8 Å². The van der Waals surface area contributed by atoms with E-state index in [1.165, 1.54) is 27.8 Å². The van der Waals surface area contributed by atoms with Crippen molar-refractivity contribution in [3.05, 3.63) is 35.4 Å². The molecule has 0 unspecified atom stereocenters. The lowest BCUT2D eigenvalue weighted by atomic mass is 10.2. The molecule has 1 aliphatic heterocycles. The van der Waals surface area contributed by atoms with Gasteiger partial charge >= 0.3 is 5.97 Å². The van der Waals surface area contributed by atoms with Gasteiger partial charge in [0.2, 0.25) is 5.91 Å². The predicted molar refractivity (Wildman–Crippen MR) is 79.7 cm³/mol. The van der Waals surface area contributed by atoms with E-state index in [1.54, 1.807) is 0 Å². The van der Waals surface area contributed by atoms with Crippen LogP contribution in [0.4, 0.5) is 0 Å². The molecule has 4 nitrogen and oxygen atoms in total. The van der Waals surface area contributed by atoms with Crippen LogP contribution in [0.25, 0.3) is 0 Å². The summed E-state index contributed by atoms with van der Waals surface area (Å²) in [6, 6.07) is 7.60. The number of nitrogens with zero attached hydrogens (tertiary/aromatic N) is 1. The van der Waals surface area contributed by atoms with Gasteiger partial charge in [-0.2, -0.15) is 0 Å². The quantitative estimate of drug-likeness (QED) is 0.905. The molecule has 0 bridgehead atoms. The number of carboxylic acid groups (broad SMARTS) is 1. The second kappa shape index (κ2) is 6.79. The number of aryl methyl sites for hydroxylation is 1. The molecule has 1 aromatic rings. The second-order valence-electron chi connectivity index (χ2n) is 5.06. The Kier molecular flexibility index (Phi) is 5.06. The highest BCUT2D eigenvalue weighted by atomic mass is 32.2. The molecule has 1 N–H and O–H groups in total. The van der Waals surface area contributed by atoms with Gasteiger partial charge < -0.3 is 10.0 Å². The molecule has 1 heterocycles. The lowest BCUT2D eigenvalue weighted by molar-refractivity contribution is -0.147. The molecular weight excluding hydrogens is 274 g/mol. The van der Waals surface area contributed by atoms with Crippen LogP contribution in [0.2, 0.25) is 0 Å². The average Bonchev–Trinajstić information content (AvgIpc) is 2.90. The van der Waals surface area contributed by atoms with Crippen molar-refractivity contribution < 1.29 is 14.7 Å². The Balaban J connectivity index is 1.80. The number of hydrogen-bond acceptors (Lipinski definition) is 3. The van der Waals surface area contributed by atoms with E-state index in [0.29, 0.717) is 18.7 Å². The van der Waals surface area contributed by atoms with Gasteiger partial charge in [0.15, 0.2) is 0 Å².